The maximum Gasteiger partial charge on any atom is 0.0454 e. The molecule has 0 aromatic heterocycles. The molecule has 0 amide bonds. The van der Waals surface area contributed by atoms with Crippen LogP contribution in [0.3, 0.4) is 0 Å². The van der Waals surface area contributed by atoms with Crippen LogP contribution in [0.2, 0.25) is 10.0 Å². The summed E-state index contributed by atoms with van der Waals surface area (Å²) in [7, 11) is 0. The van der Waals surface area contributed by atoms with Crippen molar-refractivity contribution in [2.45, 2.75) is 19.4 Å². The number of hydrogen-bond donors (Lipinski definition) is 1. The Morgan fingerprint density at radius 2 is 2.20 bits per heavy atom. The Hall–Kier alpha value is -0.680. The molecule has 1 nitrogen and oxygen atoms in total. The highest BCUT2D eigenvalue weighted by molar-refractivity contribution is 6.33. The zero-order valence-corrected chi connectivity index (χ0v) is 10.1. The Balaban J connectivity index is 2.69. The van der Waals surface area contributed by atoms with Gasteiger partial charge in [-0.2, -0.15) is 0 Å². The average Bonchev–Trinajstić information content (AvgIpc) is 2.22. The predicted molar refractivity (Wildman–Crippen MR) is 66.3 cm³/mol. The average molecular weight is 242 g/mol. The van der Waals surface area contributed by atoms with Gasteiger partial charge < -0.3 is 5.32 Å². The fourth-order valence-electron chi connectivity index (χ4n) is 1.32. The van der Waals surface area contributed by atoms with Gasteiger partial charge in [0.05, 0.1) is 0 Å². The molecular formula is C12H13Cl2N. The topological polar surface area (TPSA) is 12.0 Å². The van der Waals surface area contributed by atoms with Gasteiger partial charge in [0.2, 0.25) is 0 Å². The van der Waals surface area contributed by atoms with E-state index >= 15 is 0 Å². The summed E-state index contributed by atoms with van der Waals surface area (Å²) in [6, 6.07) is 5.61. The van der Waals surface area contributed by atoms with Gasteiger partial charge in [0.15, 0.2) is 0 Å². The number of nitrogens with one attached hydrogen (secondary N) is 1. The third kappa shape index (κ3) is 3.76. The van der Waals surface area contributed by atoms with Gasteiger partial charge in [-0.3, -0.25) is 0 Å². The van der Waals surface area contributed by atoms with E-state index in [1.165, 1.54) is 0 Å². The van der Waals surface area contributed by atoms with Crippen LogP contribution < -0.4 is 5.32 Å². The van der Waals surface area contributed by atoms with Crippen LogP contribution in [0.1, 0.15) is 24.9 Å². The third-order valence-corrected chi connectivity index (χ3v) is 2.72. The van der Waals surface area contributed by atoms with Gasteiger partial charge in [-0.1, -0.05) is 23.2 Å². The summed E-state index contributed by atoms with van der Waals surface area (Å²) in [5.74, 6) is 2.58. The van der Waals surface area contributed by atoms with E-state index in [1.54, 1.807) is 12.1 Å². The van der Waals surface area contributed by atoms with E-state index < -0.39 is 0 Å². The standard InChI is InChI=1S/C12H13Cl2N/c1-3-4-7-15-9(2)11-8-10(13)5-6-12(11)14/h1,5-6,8-9,15H,4,7H2,2H3. The molecule has 1 unspecified atom stereocenters. The Kier molecular flexibility index (Phi) is 4.98. The van der Waals surface area contributed by atoms with Crippen molar-refractivity contribution in [3.05, 3.63) is 33.8 Å². The summed E-state index contributed by atoms with van der Waals surface area (Å²) in [6.07, 6.45) is 5.88. The molecule has 0 aliphatic heterocycles. The van der Waals surface area contributed by atoms with Gasteiger partial charge in [-0.15, -0.1) is 12.3 Å². The van der Waals surface area contributed by atoms with E-state index in [1.807, 2.05) is 13.0 Å². The molecular weight excluding hydrogens is 229 g/mol. The minimum atomic E-state index is 0.157. The van der Waals surface area contributed by atoms with Crippen LogP contribution in [0.25, 0.3) is 0 Å². The van der Waals surface area contributed by atoms with Crippen molar-refractivity contribution in [2.24, 2.45) is 0 Å². The quantitative estimate of drug-likeness (QED) is 0.627. The Morgan fingerprint density at radius 1 is 1.47 bits per heavy atom. The molecule has 0 aliphatic carbocycles. The lowest BCUT2D eigenvalue weighted by atomic mass is 10.1. The van der Waals surface area contributed by atoms with Crippen LogP contribution in [-0.4, -0.2) is 6.54 Å². The van der Waals surface area contributed by atoms with E-state index in [0.717, 1.165) is 17.1 Å². The molecule has 0 spiro atoms. The lowest BCUT2D eigenvalue weighted by Crippen LogP contribution is -2.19. The summed E-state index contributed by atoms with van der Waals surface area (Å²) in [5.41, 5.74) is 1.00. The first-order chi connectivity index (χ1) is 7.15. The second-order valence-corrected chi connectivity index (χ2v) is 4.14. The molecule has 1 rings (SSSR count). The zero-order chi connectivity index (χ0) is 11.3. The highest BCUT2D eigenvalue weighted by Gasteiger charge is 2.08. The minimum absolute atomic E-state index is 0.157. The number of hydrogen-bond acceptors (Lipinski definition) is 1. The molecule has 1 atom stereocenters. The summed E-state index contributed by atoms with van der Waals surface area (Å²) in [5, 5.41) is 4.70. The van der Waals surface area contributed by atoms with Crippen LogP contribution in [0, 0.1) is 12.3 Å². The molecule has 1 aromatic rings. The smallest absolute Gasteiger partial charge is 0.0454 e. The fraction of sp³-hybridized carbons (Fsp3) is 0.333. The van der Waals surface area contributed by atoms with Crippen molar-refractivity contribution in [3.63, 3.8) is 0 Å². The number of rotatable bonds is 4. The molecule has 1 N–H and O–H groups in total. The maximum atomic E-state index is 6.06. The summed E-state index contributed by atoms with van der Waals surface area (Å²) >= 11 is 12.0. The van der Waals surface area contributed by atoms with Gasteiger partial charge >= 0.3 is 0 Å². The van der Waals surface area contributed by atoms with E-state index in [9.17, 15) is 0 Å². The van der Waals surface area contributed by atoms with Gasteiger partial charge in [0.1, 0.15) is 0 Å². The van der Waals surface area contributed by atoms with E-state index in [2.05, 4.69) is 11.2 Å². The van der Waals surface area contributed by atoms with Crippen LogP contribution >= 0.6 is 23.2 Å². The highest BCUT2D eigenvalue weighted by Crippen LogP contribution is 2.25. The van der Waals surface area contributed by atoms with Gasteiger partial charge in [0, 0.05) is 29.1 Å². The second-order valence-electron chi connectivity index (χ2n) is 3.30. The van der Waals surface area contributed by atoms with Crippen molar-refractivity contribution in [3.8, 4) is 12.3 Å². The van der Waals surface area contributed by atoms with E-state index in [0.29, 0.717) is 11.4 Å². The van der Waals surface area contributed by atoms with E-state index in [4.69, 9.17) is 29.6 Å². The van der Waals surface area contributed by atoms with Crippen molar-refractivity contribution in [1.29, 1.82) is 0 Å². The Morgan fingerprint density at radius 3 is 2.87 bits per heavy atom. The fourth-order valence-corrected chi connectivity index (χ4v) is 1.78. The summed E-state index contributed by atoms with van der Waals surface area (Å²) in [4.78, 5) is 0. The molecule has 0 saturated carbocycles. The molecule has 1 aromatic carbocycles. The summed E-state index contributed by atoms with van der Waals surface area (Å²) in [6.45, 7) is 2.81. The van der Waals surface area contributed by atoms with Gasteiger partial charge in [-0.05, 0) is 30.7 Å². The molecule has 15 heavy (non-hydrogen) atoms. The highest BCUT2D eigenvalue weighted by atomic mass is 35.5. The van der Waals surface area contributed by atoms with Crippen molar-refractivity contribution < 1.29 is 0 Å². The van der Waals surface area contributed by atoms with Crippen LogP contribution in [0.5, 0.6) is 0 Å². The number of benzene rings is 1. The maximum absolute atomic E-state index is 6.06. The molecule has 80 valence electrons. The largest absolute Gasteiger partial charge is 0.309 e. The molecule has 0 saturated heterocycles. The molecule has 0 radical (unpaired) electrons. The van der Waals surface area contributed by atoms with Crippen molar-refractivity contribution in [1.82, 2.24) is 5.32 Å². The number of terminal acetylenes is 1. The normalized spacial score (nSPS) is 12.1. The summed E-state index contributed by atoms with van der Waals surface area (Å²) < 4.78 is 0. The first-order valence-corrected chi connectivity index (χ1v) is 5.52. The number of halogens is 2. The van der Waals surface area contributed by atoms with Crippen LogP contribution in [0.15, 0.2) is 18.2 Å². The first kappa shape index (κ1) is 12.4. The van der Waals surface area contributed by atoms with Gasteiger partial charge in [0.25, 0.3) is 0 Å². The lowest BCUT2D eigenvalue weighted by Gasteiger charge is -2.15. The lowest BCUT2D eigenvalue weighted by molar-refractivity contribution is 0.584. The molecule has 0 bridgehead atoms. The Labute approximate surface area is 101 Å². The SMILES string of the molecule is C#CCCNC(C)c1cc(Cl)ccc1Cl. The molecule has 0 heterocycles. The minimum Gasteiger partial charge on any atom is -0.309 e. The molecule has 3 heteroatoms. The van der Waals surface area contributed by atoms with Gasteiger partial charge in [-0.25, -0.2) is 0 Å². The monoisotopic (exact) mass is 241 g/mol. The van der Waals surface area contributed by atoms with E-state index in [-0.39, 0.29) is 6.04 Å². The predicted octanol–water partition coefficient (Wildman–Crippen LogP) is 3.67. The molecule has 0 aliphatic rings. The van der Waals surface area contributed by atoms with Crippen LogP contribution in [-0.2, 0) is 0 Å². The molecule has 0 fully saturated rings. The van der Waals surface area contributed by atoms with Crippen molar-refractivity contribution >= 4 is 23.2 Å². The zero-order valence-electron chi connectivity index (χ0n) is 8.56. The second kappa shape index (κ2) is 6.02. The van der Waals surface area contributed by atoms with Crippen molar-refractivity contribution in [2.75, 3.05) is 6.54 Å². The Bertz CT molecular complexity index is 368. The first-order valence-electron chi connectivity index (χ1n) is 4.77. The third-order valence-electron chi connectivity index (χ3n) is 2.14. The van der Waals surface area contributed by atoms with Crippen LogP contribution in [0.4, 0.5) is 0 Å².